The molecule has 0 radical (unpaired) electrons. The smallest absolute Gasteiger partial charge is 0.251 e. The highest BCUT2D eigenvalue weighted by Gasteiger charge is 2.54. The zero-order valence-corrected chi connectivity index (χ0v) is 23.1. The van der Waals surface area contributed by atoms with Crippen LogP contribution in [0.3, 0.4) is 0 Å². The van der Waals surface area contributed by atoms with E-state index in [1.54, 1.807) is 31.1 Å². The maximum absolute atomic E-state index is 13.2. The Labute approximate surface area is 236 Å². The molecule has 0 spiro atoms. The summed E-state index contributed by atoms with van der Waals surface area (Å²) in [7, 11) is 3.16. The molecule has 2 aromatic carbocycles. The van der Waals surface area contributed by atoms with E-state index in [4.69, 9.17) is 0 Å². The van der Waals surface area contributed by atoms with Gasteiger partial charge in [-0.3, -0.25) is 14.4 Å². The molecule has 1 aliphatic heterocycles. The van der Waals surface area contributed by atoms with Gasteiger partial charge in [0.1, 0.15) is 6.04 Å². The van der Waals surface area contributed by atoms with E-state index in [0.717, 1.165) is 35.1 Å². The summed E-state index contributed by atoms with van der Waals surface area (Å²) in [5, 5.41) is 33.5. The summed E-state index contributed by atoms with van der Waals surface area (Å²) in [4.78, 5) is 40.0. The zero-order chi connectivity index (χ0) is 28.9. The summed E-state index contributed by atoms with van der Waals surface area (Å²) in [5.41, 5.74) is 3.45. The minimum atomic E-state index is -0.875. The van der Waals surface area contributed by atoms with Crippen molar-refractivity contribution in [3.63, 3.8) is 0 Å². The summed E-state index contributed by atoms with van der Waals surface area (Å²) >= 11 is 0. The number of tetrazole rings is 1. The number of nitrogens with zero attached hydrogens (tertiary/aromatic N) is 5. The second-order valence-electron chi connectivity index (χ2n) is 11.1. The van der Waals surface area contributed by atoms with Crippen LogP contribution in [0.5, 0.6) is 0 Å². The van der Waals surface area contributed by atoms with Crippen molar-refractivity contribution in [3.05, 3.63) is 64.5 Å². The first kappa shape index (κ1) is 26.6. The van der Waals surface area contributed by atoms with Gasteiger partial charge in [-0.25, -0.2) is 0 Å². The maximum atomic E-state index is 13.2. The van der Waals surface area contributed by atoms with Crippen LogP contribution < -0.4 is 16.0 Å². The maximum Gasteiger partial charge on any atom is 0.251 e. The lowest BCUT2D eigenvalue weighted by molar-refractivity contribution is -0.131. The van der Waals surface area contributed by atoms with Crippen molar-refractivity contribution in [1.29, 1.82) is 5.26 Å². The molecule has 3 aromatic rings. The second-order valence-corrected chi connectivity index (χ2v) is 11.1. The van der Waals surface area contributed by atoms with Crippen LogP contribution >= 0.6 is 0 Å². The molecule has 12 nitrogen and oxygen atoms in total. The van der Waals surface area contributed by atoms with Crippen LogP contribution in [-0.4, -0.2) is 82.0 Å². The molecule has 1 saturated heterocycles. The van der Waals surface area contributed by atoms with Gasteiger partial charge in [0.2, 0.25) is 5.91 Å². The van der Waals surface area contributed by atoms with Gasteiger partial charge in [-0.2, -0.15) is 10.5 Å². The molecule has 1 unspecified atom stereocenters. The Hall–Kier alpha value is -4.63. The van der Waals surface area contributed by atoms with Gasteiger partial charge in [0.15, 0.2) is 5.82 Å². The predicted octanol–water partition coefficient (Wildman–Crippen LogP) is 1.11. The van der Waals surface area contributed by atoms with Crippen molar-refractivity contribution in [1.82, 2.24) is 41.5 Å². The van der Waals surface area contributed by atoms with Gasteiger partial charge in [0.05, 0.1) is 18.0 Å². The highest BCUT2D eigenvalue weighted by Crippen LogP contribution is 2.54. The van der Waals surface area contributed by atoms with Gasteiger partial charge in [-0.05, 0) is 78.6 Å². The summed E-state index contributed by atoms with van der Waals surface area (Å²) < 4.78 is 0. The molecule has 1 aromatic heterocycles. The summed E-state index contributed by atoms with van der Waals surface area (Å²) in [6.07, 6.45) is 2.20. The third-order valence-corrected chi connectivity index (χ3v) is 8.71. The number of hydrogen-bond donors (Lipinski definition) is 4. The third-order valence-electron chi connectivity index (χ3n) is 8.71. The van der Waals surface area contributed by atoms with Crippen molar-refractivity contribution in [3.8, 4) is 17.2 Å². The quantitative estimate of drug-likeness (QED) is 0.322. The van der Waals surface area contributed by atoms with Gasteiger partial charge >= 0.3 is 0 Å². The zero-order valence-electron chi connectivity index (χ0n) is 23.1. The fourth-order valence-corrected chi connectivity index (χ4v) is 6.70. The number of hydrogen-bond acceptors (Lipinski definition) is 8. The summed E-state index contributed by atoms with van der Waals surface area (Å²) in [6, 6.07) is 12.9. The summed E-state index contributed by atoms with van der Waals surface area (Å²) in [6.45, 7) is 2.10. The van der Waals surface area contributed by atoms with Crippen LogP contribution in [0.1, 0.15) is 63.9 Å². The molecule has 2 aliphatic carbocycles. The lowest BCUT2D eigenvalue weighted by Crippen LogP contribution is -2.46. The summed E-state index contributed by atoms with van der Waals surface area (Å²) in [5.74, 6) is 0.381. The molecular weight excluding hydrogens is 522 g/mol. The van der Waals surface area contributed by atoms with E-state index in [1.807, 2.05) is 31.2 Å². The number of nitrogens with one attached hydrogen (secondary N) is 4. The van der Waals surface area contributed by atoms with Gasteiger partial charge < -0.3 is 20.9 Å². The predicted molar refractivity (Wildman–Crippen MR) is 148 cm³/mol. The van der Waals surface area contributed by atoms with Crippen molar-refractivity contribution in [2.75, 3.05) is 20.6 Å². The van der Waals surface area contributed by atoms with Crippen LogP contribution in [0.15, 0.2) is 36.4 Å². The average molecular weight is 554 g/mol. The SMILES string of the molecule is CNC(=O)c1ccc2c(c1)-c1cc(C(=O)NC)ccc1C2(C[C@H](C)NCC(=O)N1C(C#N)C[C@@H]2C[C@@H]21)c1nn[nH]n1. The van der Waals surface area contributed by atoms with Crippen LogP contribution in [0.4, 0.5) is 0 Å². The fraction of sp³-hybridized carbons (Fsp3) is 0.414. The molecule has 2 fully saturated rings. The van der Waals surface area contributed by atoms with Crippen molar-refractivity contribution in [2.24, 2.45) is 5.92 Å². The highest BCUT2D eigenvalue weighted by atomic mass is 16.2. The van der Waals surface area contributed by atoms with Gasteiger partial charge in [0.25, 0.3) is 11.8 Å². The number of carbonyl (C=O) groups is 3. The third kappa shape index (κ3) is 4.24. The van der Waals surface area contributed by atoms with E-state index in [1.165, 1.54) is 0 Å². The second kappa shape index (κ2) is 10.1. The number of benzene rings is 2. The standard InChI is InChI=1S/C29H31N9O3/c1-15(33-14-25(39)38-19(13-30)8-18-11-24(18)38)12-29(28-34-36-37-35-28)22-6-4-16(26(40)31-2)9-20(22)21-10-17(27(41)32-3)5-7-23(21)29/h4-7,9-10,15,18-19,24,33H,8,11-12,14H2,1-3H3,(H,31,40)(H,32,41)(H,34,35,36,37)/t15-,18+,19?,24-/m0/s1. The number of H-pyrrole nitrogens is 1. The monoisotopic (exact) mass is 553 g/mol. The van der Waals surface area contributed by atoms with Gasteiger partial charge in [-0.15, -0.1) is 10.2 Å². The number of carbonyl (C=O) groups excluding carboxylic acids is 3. The van der Waals surface area contributed by atoms with E-state index in [-0.39, 0.29) is 42.4 Å². The molecule has 3 aliphatic rings. The van der Waals surface area contributed by atoms with Gasteiger partial charge in [-0.1, -0.05) is 17.3 Å². The van der Waals surface area contributed by atoms with Crippen molar-refractivity contribution >= 4 is 17.7 Å². The Morgan fingerprint density at radius 1 is 1.07 bits per heavy atom. The first-order chi connectivity index (χ1) is 19.8. The minimum absolute atomic E-state index is 0.0697. The number of piperidine rings is 1. The molecule has 6 rings (SSSR count). The number of amides is 3. The van der Waals surface area contributed by atoms with E-state index in [0.29, 0.717) is 29.3 Å². The van der Waals surface area contributed by atoms with E-state index < -0.39 is 5.41 Å². The topological polar surface area (TPSA) is 169 Å². The Kier molecular flexibility index (Phi) is 6.54. The normalized spacial score (nSPS) is 21.7. The van der Waals surface area contributed by atoms with Crippen LogP contribution in [0.2, 0.25) is 0 Å². The van der Waals surface area contributed by atoms with Crippen LogP contribution in [-0.2, 0) is 10.2 Å². The molecule has 1 saturated carbocycles. The Morgan fingerprint density at radius 3 is 2.24 bits per heavy atom. The molecule has 4 N–H and O–H groups in total. The Morgan fingerprint density at radius 2 is 1.71 bits per heavy atom. The average Bonchev–Trinajstić information content (AvgIpc) is 3.33. The molecule has 2 heterocycles. The molecule has 0 bridgehead atoms. The van der Waals surface area contributed by atoms with Gasteiger partial charge in [0, 0.05) is 37.3 Å². The van der Waals surface area contributed by atoms with Crippen molar-refractivity contribution in [2.45, 2.75) is 49.7 Å². The lowest BCUT2D eigenvalue weighted by atomic mass is 9.72. The number of likely N-dealkylation sites (tertiary alicyclic amines) is 1. The molecule has 4 atom stereocenters. The first-order valence-electron chi connectivity index (χ1n) is 13.7. The molecule has 41 heavy (non-hydrogen) atoms. The fourth-order valence-electron chi connectivity index (χ4n) is 6.70. The minimum Gasteiger partial charge on any atom is -0.355 e. The van der Waals surface area contributed by atoms with Crippen LogP contribution in [0, 0.1) is 17.2 Å². The Balaban J connectivity index is 1.38. The van der Waals surface area contributed by atoms with Crippen molar-refractivity contribution < 1.29 is 14.4 Å². The number of aromatic nitrogens is 4. The van der Waals surface area contributed by atoms with E-state index in [9.17, 15) is 19.6 Å². The Bertz CT molecular complexity index is 1510. The number of aromatic amines is 1. The van der Waals surface area contributed by atoms with E-state index >= 15 is 0 Å². The lowest BCUT2D eigenvalue weighted by Gasteiger charge is -2.32. The molecular formula is C29H31N9O3. The number of fused-ring (bicyclic) bond motifs is 4. The van der Waals surface area contributed by atoms with E-state index in [2.05, 4.69) is 42.6 Å². The number of rotatable bonds is 8. The number of nitriles is 1. The largest absolute Gasteiger partial charge is 0.355 e. The highest BCUT2D eigenvalue weighted by molar-refractivity contribution is 5.99. The molecule has 12 heteroatoms. The molecule has 3 amide bonds. The molecule has 210 valence electrons. The van der Waals surface area contributed by atoms with Crippen LogP contribution in [0.25, 0.3) is 11.1 Å². The first-order valence-corrected chi connectivity index (χ1v) is 13.7.